The summed E-state index contributed by atoms with van der Waals surface area (Å²) < 4.78 is 39.4. The smallest absolute Gasteiger partial charge is 0.357 e. The first-order valence-electron chi connectivity index (χ1n) is 9.40. The molecule has 1 aliphatic heterocycles. The molecule has 1 aromatic heterocycles. The van der Waals surface area contributed by atoms with Gasteiger partial charge in [-0.2, -0.15) is 13.2 Å². The summed E-state index contributed by atoms with van der Waals surface area (Å²) in [6.45, 7) is 0.837. The zero-order valence-corrected chi connectivity index (χ0v) is 16.3. The van der Waals surface area contributed by atoms with Crippen LogP contribution < -0.4 is 9.80 Å². The second-order valence-corrected chi connectivity index (χ2v) is 7.06. The molecule has 4 rings (SSSR count). The molecule has 1 saturated heterocycles. The number of anilines is 2. The Morgan fingerprint density at radius 3 is 2.00 bits per heavy atom. The lowest BCUT2D eigenvalue weighted by molar-refractivity contribution is -0.393. The molecule has 0 amide bonds. The van der Waals surface area contributed by atoms with E-state index in [9.17, 15) is 33.4 Å². The minimum atomic E-state index is -4.96. The third kappa shape index (κ3) is 3.84. The molecule has 32 heavy (non-hydrogen) atoms. The number of hydrogen-bond donors (Lipinski definition) is 0. The summed E-state index contributed by atoms with van der Waals surface area (Å²) in [5.41, 5.74) is -3.04. The van der Waals surface area contributed by atoms with Gasteiger partial charge < -0.3 is 9.80 Å². The topological polar surface area (TPSA) is 119 Å². The van der Waals surface area contributed by atoms with E-state index in [1.54, 1.807) is 0 Å². The predicted molar refractivity (Wildman–Crippen MR) is 109 cm³/mol. The van der Waals surface area contributed by atoms with Gasteiger partial charge in [-0.05, 0) is 12.1 Å². The summed E-state index contributed by atoms with van der Waals surface area (Å²) in [5, 5.41) is 23.8. The molecule has 2 heterocycles. The normalized spacial score (nSPS) is 14.6. The summed E-state index contributed by atoms with van der Waals surface area (Å²) in [4.78, 5) is 32.8. The maximum absolute atomic E-state index is 13.1. The number of nitrogens with zero attached hydrogens (tertiary/aromatic N) is 6. The Morgan fingerprint density at radius 1 is 0.875 bits per heavy atom. The molecule has 166 valence electrons. The van der Waals surface area contributed by atoms with Crippen LogP contribution in [0.3, 0.4) is 0 Å². The van der Waals surface area contributed by atoms with Crippen LogP contribution in [0.4, 0.5) is 36.1 Å². The zero-order chi connectivity index (χ0) is 23.0. The van der Waals surface area contributed by atoms with E-state index in [1.807, 2.05) is 29.2 Å². The Kier molecular flexibility index (Phi) is 5.24. The molecule has 0 spiro atoms. The highest BCUT2D eigenvalue weighted by molar-refractivity contribution is 5.89. The van der Waals surface area contributed by atoms with Gasteiger partial charge in [0.25, 0.3) is 11.4 Å². The highest BCUT2D eigenvalue weighted by Gasteiger charge is 2.39. The first-order valence-corrected chi connectivity index (χ1v) is 9.40. The first-order chi connectivity index (χ1) is 15.2. The molecule has 0 aliphatic carbocycles. The molecular formula is C19H15F3N6O4. The number of nitro benzene ring substituents is 2. The van der Waals surface area contributed by atoms with E-state index in [4.69, 9.17) is 0 Å². The van der Waals surface area contributed by atoms with Crippen molar-refractivity contribution in [3.63, 3.8) is 0 Å². The SMILES string of the molecule is O=[N+]([O-])c1cc(C(F)(F)F)cc([N+](=O)[O-])c1N1CCN(c2ncnc3ccccc23)CC1. The first kappa shape index (κ1) is 21.2. The molecular weight excluding hydrogens is 433 g/mol. The van der Waals surface area contributed by atoms with Gasteiger partial charge in [-0.3, -0.25) is 20.2 Å². The Morgan fingerprint density at radius 2 is 1.44 bits per heavy atom. The van der Waals surface area contributed by atoms with Gasteiger partial charge in [0.05, 0.1) is 20.9 Å². The Balaban J connectivity index is 1.68. The summed E-state index contributed by atoms with van der Waals surface area (Å²) in [5.74, 6) is 0.645. The summed E-state index contributed by atoms with van der Waals surface area (Å²) >= 11 is 0. The molecule has 2 aromatic carbocycles. The molecule has 1 fully saturated rings. The van der Waals surface area contributed by atoms with Crippen LogP contribution in [-0.4, -0.2) is 46.0 Å². The molecule has 0 N–H and O–H groups in total. The van der Waals surface area contributed by atoms with Gasteiger partial charge in [0.15, 0.2) is 5.69 Å². The third-order valence-electron chi connectivity index (χ3n) is 5.21. The minimum absolute atomic E-state index is 0.116. The number of halogens is 3. The lowest BCUT2D eigenvalue weighted by atomic mass is 10.1. The largest absolute Gasteiger partial charge is 0.416 e. The fourth-order valence-electron chi connectivity index (χ4n) is 3.75. The van der Waals surface area contributed by atoms with Crippen LogP contribution in [0, 0.1) is 20.2 Å². The highest BCUT2D eigenvalue weighted by Crippen LogP contribution is 2.43. The quantitative estimate of drug-likeness (QED) is 0.437. The summed E-state index contributed by atoms with van der Waals surface area (Å²) in [6.07, 6.45) is -3.55. The molecule has 1 aliphatic rings. The second-order valence-electron chi connectivity index (χ2n) is 7.06. The Labute approximate surface area is 178 Å². The van der Waals surface area contributed by atoms with Crippen LogP contribution in [-0.2, 0) is 6.18 Å². The van der Waals surface area contributed by atoms with Gasteiger partial charge in [0.1, 0.15) is 12.1 Å². The maximum Gasteiger partial charge on any atom is 0.416 e. The van der Waals surface area contributed by atoms with Crippen LogP contribution >= 0.6 is 0 Å². The van der Waals surface area contributed by atoms with Crippen molar-refractivity contribution in [2.24, 2.45) is 0 Å². The lowest BCUT2D eigenvalue weighted by Gasteiger charge is -2.36. The number of piperazine rings is 1. The second kappa shape index (κ2) is 7.90. The van der Waals surface area contributed by atoms with Crippen molar-refractivity contribution in [1.82, 2.24) is 9.97 Å². The molecule has 3 aromatic rings. The fourth-order valence-corrected chi connectivity index (χ4v) is 3.75. The monoisotopic (exact) mass is 448 g/mol. The Hall–Kier alpha value is -4.03. The average molecular weight is 448 g/mol. The van der Waals surface area contributed by atoms with Gasteiger partial charge >= 0.3 is 6.18 Å². The number of nitro groups is 2. The number of rotatable bonds is 4. The van der Waals surface area contributed by atoms with Crippen LogP contribution in [0.5, 0.6) is 0 Å². The molecule has 10 nitrogen and oxygen atoms in total. The van der Waals surface area contributed by atoms with E-state index in [0.29, 0.717) is 31.0 Å². The van der Waals surface area contributed by atoms with Crippen molar-refractivity contribution in [2.45, 2.75) is 6.18 Å². The van der Waals surface area contributed by atoms with Crippen LogP contribution in [0.1, 0.15) is 5.56 Å². The third-order valence-corrected chi connectivity index (χ3v) is 5.21. The number of aromatic nitrogens is 2. The van der Waals surface area contributed by atoms with Crippen molar-refractivity contribution in [3.05, 3.63) is 68.5 Å². The molecule has 0 radical (unpaired) electrons. The Bertz CT molecular complexity index is 1170. The molecule has 0 atom stereocenters. The van der Waals surface area contributed by atoms with E-state index < -0.39 is 38.6 Å². The standard InChI is InChI=1S/C19H15F3N6O4/c20-19(21,22)12-9-15(27(29)30)17(16(10-12)28(31)32)25-5-7-26(8-6-25)18-13-3-1-2-4-14(13)23-11-24-18/h1-4,9-11H,5-8H2. The molecule has 0 bridgehead atoms. The van der Waals surface area contributed by atoms with Crippen molar-refractivity contribution in [1.29, 1.82) is 0 Å². The van der Waals surface area contributed by atoms with Crippen molar-refractivity contribution in [3.8, 4) is 0 Å². The number of para-hydroxylation sites is 1. The average Bonchev–Trinajstić information content (AvgIpc) is 2.77. The van der Waals surface area contributed by atoms with Gasteiger partial charge in [0.2, 0.25) is 0 Å². The number of alkyl halides is 3. The molecule has 0 unspecified atom stereocenters. The lowest BCUT2D eigenvalue weighted by Crippen LogP contribution is -2.47. The van der Waals surface area contributed by atoms with Crippen LogP contribution in [0.25, 0.3) is 10.9 Å². The van der Waals surface area contributed by atoms with Gasteiger partial charge in [0, 0.05) is 43.7 Å². The van der Waals surface area contributed by atoms with E-state index in [0.717, 1.165) is 10.9 Å². The zero-order valence-electron chi connectivity index (χ0n) is 16.3. The van der Waals surface area contributed by atoms with Crippen molar-refractivity contribution >= 4 is 33.8 Å². The van der Waals surface area contributed by atoms with Gasteiger partial charge in [-0.25, -0.2) is 9.97 Å². The minimum Gasteiger partial charge on any atom is -0.357 e. The van der Waals surface area contributed by atoms with Crippen molar-refractivity contribution < 1.29 is 23.0 Å². The van der Waals surface area contributed by atoms with Crippen LogP contribution in [0.15, 0.2) is 42.7 Å². The number of benzene rings is 2. The van der Waals surface area contributed by atoms with E-state index in [2.05, 4.69) is 9.97 Å². The van der Waals surface area contributed by atoms with E-state index >= 15 is 0 Å². The number of hydrogen-bond acceptors (Lipinski definition) is 8. The summed E-state index contributed by atoms with van der Waals surface area (Å²) in [6, 6.07) is 8.02. The highest BCUT2D eigenvalue weighted by atomic mass is 19.4. The fraction of sp³-hybridized carbons (Fsp3) is 0.263. The maximum atomic E-state index is 13.1. The van der Waals surface area contributed by atoms with Crippen molar-refractivity contribution in [2.75, 3.05) is 36.0 Å². The molecule has 0 saturated carbocycles. The number of fused-ring (bicyclic) bond motifs is 1. The van der Waals surface area contributed by atoms with Gasteiger partial charge in [-0.1, -0.05) is 12.1 Å². The van der Waals surface area contributed by atoms with Gasteiger partial charge in [-0.15, -0.1) is 0 Å². The molecule has 13 heteroatoms. The van der Waals surface area contributed by atoms with Crippen LogP contribution in [0.2, 0.25) is 0 Å². The van der Waals surface area contributed by atoms with E-state index in [1.165, 1.54) is 11.2 Å². The summed E-state index contributed by atoms with van der Waals surface area (Å²) in [7, 11) is 0. The van der Waals surface area contributed by atoms with E-state index in [-0.39, 0.29) is 13.1 Å². The predicted octanol–water partition coefficient (Wildman–Crippen LogP) is 3.79.